The van der Waals surface area contributed by atoms with Crippen LogP contribution in [0.5, 0.6) is 5.75 Å². The molecule has 0 spiro atoms. The molecule has 2 rings (SSSR count). The van der Waals surface area contributed by atoms with Crippen LogP contribution in [0.4, 0.5) is 4.39 Å². The number of aliphatic carboxylic acids is 1. The molecule has 0 fully saturated rings. The third kappa shape index (κ3) is 4.82. The summed E-state index contributed by atoms with van der Waals surface area (Å²) in [5.41, 5.74) is -1.36. The molecule has 1 aromatic carbocycles. The number of halogens is 1. The van der Waals surface area contributed by atoms with Crippen molar-refractivity contribution in [3.63, 3.8) is 0 Å². The number of carbonyl (C=O) groups excluding carboxylic acids is 1. The summed E-state index contributed by atoms with van der Waals surface area (Å²) >= 11 is 0. The number of benzene rings is 1. The highest BCUT2D eigenvalue weighted by Gasteiger charge is 2.34. The van der Waals surface area contributed by atoms with Gasteiger partial charge in [0.1, 0.15) is 29.5 Å². The second-order valence-corrected chi connectivity index (χ2v) is 5.85. The third-order valence-electron chi connectivity index (χ3n) is 3.69. The van der Waals surface area contributed by atoms with Crippen LogP contribution in [0, 0.1) is 5.82 Å². The molecule has 7 heteroatoms. The summed E-state index contributed by atoms with van der Waals surface area (Å²) in [6.45, 7) is 3.35. The Morgan fingerprint density at radius 1 is 1.24 bits per heavy atom. The van der Waals surface area contributed by atoms with Gasteiger partial charge < -0.3 is 19.6 Å². The van der Waals surface area contributed by atoms with Crippen molar-refractivity contribution in [2.75, 3.05) is 0 Å². The first-order valence-electron chi connectivity index (χ1n) is 7.87. The van der Waals surface area contributed by atoms with Gasteiger partial charge in [-0.15, -0.1) is 0 Å². The monoisotopic (exact) mass is 349 g/mol. The Morgan fingerprint density at radius 2 is 1.92 bits per heavy atom. The Balaban J connectivity index is 1.98. The number of carboxylic acid groups (broad SMARTS) is 1. The van der Waals surface area contributed by atoms with Crippen LogP contribution in [0.25, 0.3) is 0 Å². The number of amides is 1. The van der Waals surface area contributed by atoms with Crippen molar-refractivity contribution in [2.24, 2.45) is 0 Å². The fourth-order valence-corrected chi connectivity index (χ4v) is 2.30. The molecule has 0 saturated heterocycles. The molecule has 0 saturated carbocycles. The number of rotatable bonds is 8. The second-order valence-electron chi connectivity index (χ2n) is 5.85. The normalized spacial score (nSPS) is 13.1. The van der Waals surface area contributed by atoms with Gasteiger partial charge in [0.15, 0.2) is 5.76 Å². The summed E-state index contributed by atoms with van der Waals surface area (Å²) in [5.74, 6) is -1.22. The van der Waals surface area contributed by atoms with E-state index in [4.69, 9.17) is 9.15 Å². The van der Waals surface area contributed by atoms with Crippen LogP contribution in [-0.2, 0) is 11.4 Å². The van der Waals surface area contributed by atoms with E-state index in [1.54, 1.807) is 6.07 Å². The molecule has 25 heavy (non-hydrogen) atoms. The number of furan rings is 1. The van der Waals surface area contributed by atoms with E-state index in [1.165, 1.54) is 37.3 Å². The Hall–Kier alpha value is -2.83. The van der Waals surface area contributed by atoms with E-state index in [-0.39, 0.29) is 18.2 Å². The molecule has 2 N–H and O–H groups in total. The maximum atomic E-state index is 12.8. The van der Waals surface area contributed by atoms with Crippen molar-refractivity contribution >= 4 is 11.9 Å². The van der Waals surface area contributed by atoms with E-state index in [1.807, 2.05) is 6.92 Å². The van der Waals surface area contributed by atoms with Crippen LogP contribution in [0.3, 0.4) is 0 Å². The minimum absolute atomic E-state index is 0.00119. The number of carboxylic acids is 1. The minimum atomic E-state index is -1.36. The molecular formula is C18H20FNO5. The summed E-state index contributed by atoms with van der Waals surface area (Å²) in [4.78, 5) is 23.6. The molecule has 0 aliphatic carbocycles. The van der Waals surface area contributed by atoms with Crippen LogP contribution < -0.4 is 10.1 Å². The molecule has 0 bridgehead atoms. The fraction of sp³-hybridized carbons (Fsp3) is 0.333. The molecule has 1 unspecified atom stereocenters. The number of carbonyl (C=O) groups is 2. The van der Waals surface area contributed by atoms with Crippen LogP contribution in [0.2, 0.25) is 0 Å². The first kappa shape index (κ1) is 18.5. The quantitative estimate of drug-likeness (QED) is 0.763. The van der Waals surface area contributed by atoms with E-state index in [9.17, 15) is 19.1 Å². The number of ether oxygens (including phenoxy) is 1. The van der Waals surface area contributed by atoms with Gasteiger partial charge in [0.05, 0.1) is 0 Å². The Labute approximate surface area is 144 Å². The lowest BCUT2D eigenvalue weighted by Crippen LogP contribution is -2.52. The van der Waals surface area contributed by atoms with Gasteiger partial charge in [-0.2, -0.15) is 0 Å². The topological polar surface area (TPSA) is 88.8 Å². The van der Waals surface area contributed by atoms with E-state index in [2.05, 4.69) is 5.32 Å². The highest BCUT2D eigenvalue weighted by Crippen LogP contribution is 2.17. The first-order valence-corrected chi connectivity index (χ1v) is 7.87. The zero-order chi connectivity index (χ0) is 18.4. The summed E-state index contributed by atoms with van der Waals surface area (Å²) in [5, 5.41) is 11.8. The summed E-state index contributed by atoms with van der Waals surface area (Å²) in [7, 11) is 0. The third-order valence-corrected chi connectivity index (χ3v) is 3.69. The molecule has 134 valence electrons. The molecule has 1 atom stereocenters. The Bertz CT molecular complexity index is 740. The molecule has 1 amide bonds. The van der Waals surface area contributed by atoms with E-state index in [0.29, 0.717) is 24.4 Å². The predicted octanol–water partition coefficient (Wildman–Crippen LogP) is 3.37. The zero-order valence-electron chi connectivity index (χ0n) is 14.0. The van der Waals surface area contributed by atoms with Crippen LogP contribution >= 0.6 is 0 Å². The molecule has 2 aromatic rings. The summed E-state index contributed by atoms with van der Waals surface area (Å²) in [6.07, 6.45) is 0.910. The van der Waals surface area contributed by atoms with Gasteiger partial charge in [-0.3, -0.25) is 4.79 Å². The van der Waals surface area contributed by atoms with Crippen molar-refractivity contribution in [3.05, 3.63) is 53.7 Å². The van der Waals surface area contributed by atoms with Gasteiger partial charge >= 0.3 is 5.97 Å². The molecule has 1 aromatic heterocycles. The summed E-state index contributed by atoms with van der Waals surface area (Å²) in [6, 6.07) is 8.53. The van der Waals surface area contributed by atoms with Crippen LogP contribution in [0.15, 0.2) is 40.8 Å². The smallest absolute Gasteiger partial charge is 0.329 e. The molecule has 0 radical (unpaired) electrons. The Morgan fingerprint density at radius 3 is 2.52 bits per heavy atom. The van der Waals surface area contributed by atoms with Crippen LogP contribution in [-0.4, -0.2) is 22.5 Å². The lowest BCUT2D eigenvalue weighted by molar-refractivity contribution is -0.144. The minimum Gasteiger partial charge on any atom is -0.486 e. The van der Waals surface area contributed by atoms with E-state index >= 15 is 0 Å². The molecule has 1 heterocycles. The number of hydrogen-bond acceptors (Lipinski definition) is 4. The summed E-state index contributed by atoms with van der Waals surface area (Å²) < 4.78 is 23.7. The van der Waals surface area contributed by atoms with Crippen molar-refractivity contribution in [2.45, 2.75) is 38.8 Å². The van der Waals surface area contributed by atoms with Gasteiger partial charge in [0, 0.05) is 0 Å². The standard InChI is InChI=1S/C18H20FNO5/c1-3-10-18(2,17(22)23)20-16(21)15-9-8-14(25-15)11-24-13-6-4-12(19)5-7-13/h4-9H,3,10-11H2,1-2H3,(H,20,21)(H,22,23). The second kappa shape index (κ2) is 7.83. The van der Waals surface area contributed by atoms with Crippen molar-refractivity contribution in [1.82, 2.24) is 5.32 Å². The van der Waals surface area contributed by atoms with Crippen LogP contribution in [0.1, 0.15) is 43.0 Å². The van der Waals surface area contributed by atoms with Gasteiger partial charge in [-0.05, 0) is 49.7 Å². The number of hydrogen-bond donors (Lipinski definition) is 2. The largest absolute Gasteiger partial charge is 0.486 e. The SMILES string of the molecule is CCCC(C)(NC(=O)c1ccc(COc2ccc(F)cc2)o1)C(=O)O. The maximum Gasteiger partial charge on any atom is 0.329 e. The molecule has 6 nitrogen and oxygen atoms in total. The van der Waals surface area contributed by atoms with E-state index < -0.39 is 17.4 Å². The van der Waals surface area contributed by atoms with E-state index in [0.717, 1.165) is 0 Å². The fourth-order valence-electron chi connectivity index (χ4n) is 2.30. The van der Waals surface area contributed by atoms with Crippen molar-refractivity contribution in [3.8, 4) is 5.75 Å². The average Bonchev–Trinajstić information content (AvgIpc) is 3.03. The van der Waals surface area contributed by atoms with Gasteiger partial charge in [-0.25, -0.2) is 9.18 Å². The van der Waals surface area contributed by atoms with Gasteiger partial charge in [-0.1, -0.05) is 13.3 Å². The maximum absolute atomic E-state index is 12.8. The first-order chi connectivity index (χ1) is 11.8. The highest BCUT2D eigenvalue weighted by molar-refractivity contribution is 5.95. The predicted molar refractivity (Wildman–Crippen MR) is 87.9 cm³/mol. The van der Waals surface area contributed by atoms with Crippen molar-refractivity contribution < 1.29 is 28.2 Å². The zero-order valence-corrected chi connectivity index (χ0v) is 14.0. The van der Waals surface area contributed by atoms with Crippen molar-refractivity contribution in [1.29, 1.82) is 0 Å². The van der Waals surface area contributed by atoms with Gasteiger partial charge in [0.25, 0.3) is 5.91 Å². The molecular weight excluding hydrogens is 329 g/mol. The van der Waals surface area contributed by atoms with Gasteiger partial charge in [0.2, 0.25) is 0 Å². The lowest BCUT2D eigenvalue weighted by atomic mass is 9.96. The highest BCUT2D eigenvalue weighted by atomic mass is 19.1. The Kier molecular flexibility index (Phi) is 5.80. The molecule has 0 aliphatic heterocycles. The average molecular weight is 349 g/mol. The number of nitrogens with one attached hydrogen (secondary N) is 1. The lowest BCUT2D eigenvalue weighted by Gasteiger charge is -2.25. The molecule has 0 aliphatic rings.